The summed E-state index contributed by atoms with van der Waals surface area (Å²) in [6.07, 6.45) is 3.56. The van der Waals surface area contributed by atoms with E-state index in [0.29, 0.717) is 11.7 Å². The zero-order chi connectivity index (χ0) is 12.7. The number of urea groups is 1. The van der Waals surface area contributed by atoms with Gasteiger partial charge in [0, 0.05) is 17.4 Å². The highest BCUT2D eigenvalue weighted by atomic mass is 16.2. The molecule has 0 aliphatic rings. The van der Waals surface area contributed by atoms with Crippen LogP contribution in [0.25, 0.3) is 0 Å². The summed E-state index contributed by atoms with van der Waals surface area (Å²) in [6, 6.07) is 7.45. The number of carbonyl (C=O) groups excluding carboxylic acids is 1. The molecule has 0 aromatic heterocycles. The van der Waals surface area contributed by atoms with Gasteiger partial charge >= 0.3 is 6.03 Å². The highest BCUT2D eigenvalue weighted by molar-refractivity contribution is 5.88. The molecule has 4 heteroatoms. The highest BCUT2D eigenvalue weighted by Crippen LogP contribution is 2.16. The van der Waals surface area contributed by atoms with Gasteiger partial charge in [0.15, 0.2) is 0 Å². The average Bonchev–Trinajstić information content (AvgIpc) is 2.26. The van der Waals surface area contributed by atoms with Crippen LogP contribution < -0.4 is 16.4 Å². The van der Waals surface area contributed by atoms with Crippen LogP contribution in [0.3, 0.4) is 0 Å². The molecule has 17 heavy (non-hydrogen) atoms. The molecule has 4 nitrogen and oxygen atoms in total. The van der Waals surface area contributed by atoms with E-state index in [9.17, 15) is 4.79 Å². The van der Waals surface area contributed by atoms with E-state index in [-0.39, 0.29) is 0 Å². The first-order valence-electron chi connectivity index (χ1n) is 6.05. The van der Waals surface area contributed by atoms with E-state index < -0.39 is 6.03 Å². The summed E-state index contributed by atoms with van der Waals surface area (Å²) in [4.78, 5) is 10.7. The lowest BCUT2D eigenvalue weighted by Gasteiger charge is -2.15. The van der Waals surface area contributed by atoms with Gasteiger partial charge in [0.05, 0.1) is 0 Å². The average molecular weight is 235 g/mol. The molecule has 94 valence electrons. The van der Waals surface area contributed by atoms with Crippen LogP contribution in [0, 0.1) is 0 Å². The van der Waals surface area contributed by atoms with Crippen LogP contribution in [0.2, 0.25) is 0 Å². The van der Waals surface area contributed by atoms with Crippen molar-refractivity contribution in [1.82, 2.24) is 0 Å². The smallest absolute Gasteiger partial charge is 0.316 e. The summed E-state index contributed by atoms with van der Waals surface area (Å²) in [6.45, 7) is 4.34. The second-order valence-corrected chi connectivity index (χ2v) is 4.26. The Hall–Kier alpha value is -1.71. The maximum Gasteiger partial charge on any atom is 0.316 e. The Morgan fingerprint density at radius 1 is 1.41 bits per heavy atom. The number of unbranched alkanes of at least 4 members (excludes halogenated alkanes) is 1. The molecule has 0 saturated heterocycles. The normalized spacial score (nSPS) is 11.9. The minimum atomic E-state index is -0.541. The molecule has 1 atom stereocenters. The van der Waals surface area contributed by atoms with E-state index in [2.05, 4.69) is 24.5 Å². The molecule has 2 amide bonds. The summed E-state index contributed by atoms with van der Waals surface area (Å²) in [7, 11) is 0. The standard InChI is InChI=1S/C13H21N3O/c1-3-4-6-10(2)15-11-7-5-8-12(9-11)16-13(14)17/h5,7-10,15H,3-4,6H2,1-2H3,(H3,14,16,17). The summed E-state index contributed by atoms with van der Waals surface area (Å²) in [5, 5.41) is 5.96. The Labute approximate surface area is 103 Å². The fourth-order valence-electron chi connectivity index (χ4n) is 1.70. The van der Waals surface area contributed by atoms with Crippen LogP contribution in [-0.2, 0) is 0 Å². The minimum absolute atomic E-state index is 0.429. The Kier molecular flexibility index (Phi) is 5.33. The van der Waals surface area contributed by atoms with Crippen molar-refractivity contribution in [2.24, 2.45) is 5.73 Å². The van der Waals surface area contributed by atoms with Crippen LogP contribution in [0.15, 0.2) is 24.3 Å². The van der Waals surface area contributed by atoms with Crippen LogP contribution in [0.1, 0.15) is 33.1 Å². The van der Waals surface area contributed by atoms with Crippen molar-refractivity contribution >= 4 is 17.4 Å². The molecule has 0 aliphatic carbocycles. The van der Waals surface area contributed by atoms with Crippen molar-refractivity contribution in [3.63, 3.8) is 0 Å². The molecule has 0 aliphatic heterocycles. The van der Waals surface area contributed by atoms with Gasteiger partial charge in [-0.15, -0.1) is 0 Å². The lowest BCUT2D eigenvalue weighted by molar-refractivity contribution is 0.259. The quantitative estimate of drug-likeness (QED) is 0.709. The third-order valence-electron chi connectivity index (χ3n) is 2.53. The van der Waals surface area contributed by atoms with Gasteiger partial charge in [-0.1, -0.05) is 25.8 Å². The fourth-order valence-corrected chi connectivity index (χ4v) is 1.70. The van der Waals surface area contributed by atoms with Crippen molar-refractivity contribution in [1.29, 1.82) is 0 Å². The first-order chi connectivity index (χ1) is 8.11. The van der Waals surface area contributed by atoms with Crippen molar-refractivity contribution in [3.05, 3.63) is 24.3 Å². The number of primary amides is 1. The van der Waals surface area contributed by atoms with Gasteiger partial charge in [-0.2, -0.15) is 0 Å². The van der Waals surface area contributed by atoms with Crippen molar-refractivity contribution in [3.8, 4) is 0 Å². The zero-order valence-electron chi connectivity index (χ0n) is 10.5. The Morgan fingerprint density at radius 2 is 2.12 bits per heavy atom. The third kappa shape index (κ3) is 5.24. The van der Waals surface area contributed by atoms with Crippen molar-refractivity contribution in [2.45, 2.75) is 39.2 Å². The third-order valence-corrected chi connectivity index (χ3v) is 2.53. The predicted octanol–water partition coefficient (Wildman–Crippen LogP) is 3.17. The van der Waals surface area contributed by atoms with Gasteiger partial charge in [0.25, 0.3) is 0 Å². The number of hydrogen-bond acceptors (Lipinski definition) is 2. The second-order valence-electron chi connectivity index (χ2n) is 4.26. The van der Waals surface area contributed by atoms with Gasteiger partial charge in [-0.25, -0.2) is 4.79 Å². The number of nitrogens with one attached hydrogen (secondary N) is 2. The molecule has 1 rings (SSSR count). The van der Waals surface area contributed by atoms with Crippen molar-refractivity contribution in [2.75, 3.05) is 10.6 Å². The van der Waals surface area contributed by atoms with Crippen LogP contribution in [-0.4, -0.2) is 12.1 Å². The molecule has 0 spiro atoms. The number of benzene rings is 1. The maximum absolute atomic E-state index is 10.7. The summed E-state index contributed by atoms with van der Waals surface area (Å²) < 4.78 is 0. The van der Waals surface area contributed by atoms with Crippen LogP contribution in [0.4, 0.5) is 16.2 Å². The second kappa shape index (κ2) is 6.78. The molecule has 1 unspecified atom stereocenters. The number of amides is 2. The van der Waals surface area contributed by atoms with Gasteiger partial charge in [0.1, 0.15) is 0 Å². The zero-order valence-corrected chi connectivity index (χ0v) is 10.5. The first kappa shape index (κ1) is 13.4. The molecule has 0 bridgehead atoms. The first-order valence-corrected chi connectivity index (χ1v) is 6.05. The molecule has 0 heterocycles. The molecular formula is C13H21N3O. The fraction of sp³-hybridized carbons (Fsp3) is 0.462. The SMILES string of the molecule is CCCCC(C)Nc1cccc(NC(N)=O)c1. The van der Waals surface area contributed by atoms with Gasteiger partial charge in [-0.05, 0) is 31.5 Å². The number of nitrogens with two attached hydrogens (primary N) is 1. The minimum Gasteiger partial charge on any atom is -0.383 e. The van der Waals surface area contributed by atoms with Crippen LogP contribution >= 0.6 is 0 Å². The summed E-state index contributed by atoms with van der Waals surface area (Å²) >= 11 is 0. The van der Waals surface area contributed by atoms with Gasteiger partial charge in [0.2, 0.25) is 0 Å². The molecule has 0 saturated carbocycles. The largest absolute Gasteiger partial charge is 0.383 e. The number of anilines is 2. The number of carbonyl (C=O) groups is 1. The lowest BCUT2D eigenvalue weighted by Crippen LogP contribution is -2.19. The van der Waals surface area contributed by atoms with Gasteiger partial charge < -0.3 is 16.4 Å². The monoisotopic (exact) mass is 235 g/mol. The van der Waals surface area contributed by atoms with E-state index in [1.54, 1.807) is 0 Å². The maximum atomic E-state index is 10.7. The van der Waals surface area contributed by atoms with E-state index in [0.717, 1.165) is 12.1 Å². The molecule has 0 fully saturated rings. The van der Waals surface area contributed by atoms with E-state index in [1.165, 1.54) is 12.8 Å². The molecule has 1 aromatic rings. The summed E-state index contributed by atoms with van der Waals surface area (Å²) in [5.41, 5.74) is 6.78. The topological polar surface area (TPSA) is 67.2 Å². The van der Waals surface area contributed by atoms with E-state index in [1.807, 2.05) is 24.3 Å². The Balaban J connectivity index is 2.55. The Morgan fingerprint density at radius 3 is 2.76 bits per heavy atom. The number of rotatable bonds is 6. The highest BCUT2D eigenvalue weighted by Gasteiger charge is 2.02. The summed E-state index contributed by atoms with van der Waals surface area (Å²) in [5.74, 6) is 0. The van der Waals surface area contributed by atoms with Crippen LogP contribution in [0.5, 0.6) is 0 Å². The molecule has 0 radical (unpaired) electrons. The van der Waals surface area contributed by atoms with Gasteiger partial charge in [-0.3, -0.25) is 0 Å². The molecule has 4 N–H and O–H groups in total. The molecule has 1 aromatic carbocycles. The van der Waals surface area contributed by atoms with Crippen molar-refractivity contribution < 1.29 is 4.79 Å². The predicted molar refractivity (Wildman–Crippen MR) is 72.3 cm³/mol. The lowest BCUT2D eigenvalue weighted by atomic mass is 10.1. The van der Waals surface area contributed by atoms with E-state index >= 15 is 0 Å². The number of hydrogen-bond donors (Lipinski definition) is 3. The van der Waals surface area contributed by atoms with E-state index in [4.69, 9.17) is 5.73 Å². The molecular weight excluding hydrogens is 214 g/mol. The Bertz CT molecular complexity index is 365.